The van der Waals surface area contributed by atoms with Crippen molar-refractivity contribution in [2.75, 3.05) is 4.72 Å². The molecule has 0 saturated carbocycles. The lowest BCUT2D eigenvalue weighted by atomic mass is 10.2. The average molecular weight is 369 g/mol. The second-order valence-corrected chi connectivity index (χ2v) is 7.03. The molecule has 0 aliphatic carbocycles. The molecule has 0 saturated heterocycles. The summed E-state index contributed by atoms with van der Waals surface area (Å²) in [4.78, 5) is 11.3. The summed E-state index contributed by atoms with van der Waals surface area (Å²) >= 11 is 0. The van der Waals surface area contributed by atoms with Crippen LogP contribution in [-0.4, -0.2) is 19.5 Å². The molecule has 0 unspecified atom stereocenters. The molecule has 0 spiro atoms. The topological polar surface area (TPSA) is 92.7 Å². The van der Waals surface area contributed by atoms with Gasteiger partial charge < -0.3 is 9.84 Å². The number of carboxylic acids is 1. The summed E-state index contributed by atoms with van der Waals surface area (Å²) < 4.78 is 33.3. The lowest BCUT2D eigenvalue weighted by molar-refractivity contribution is 0.0697. The highest BCUT2D eigenvalue weighted by atomic mass is 32.2. The molecule has 0 aliphatic heterocycles. The van der Waals surface area contributed by atoms with Crippen molar-refractivity contribution >= 4 is 21.7 Å². The van der Waals surface area contributed by atoms with Gasteiger partial charge in [-0.1, -0.05) is 36.4 Å². The molecule has 0 aliphatic rings. The Labute approximate surface area is 150 Å². The van der Waals surface area contributed by atoms with Gasteiger partial charge in [0.1, 0.15) is 5.75 Å². The van der Waals surface area contributed by atoms with Crippen LogP contribution in [0.1, 0.15) is 10.4 Å². The number of hydrogen-bond acceptors (Lipinski definition) is 4. The van der Waals surface area contributed by atoms with Gasteiger partial charge in [0, 0.05) is 0 Å². The monoisotopic (exact) mass is 369 g/mol. The first-order valence-corrected chi connectivity index (χ1v) is 9.12. The molecule has 2 N–H and O–H groups in total. The molecule has 3 aromatic rings. The summed E-state index contributed by atoms with van der Waals surface area (Å²) in [6, 6.07) is 20.6. The molecule has 0 bridgehead atoms. The van der Waals surface area contributed by atoms with Gasteiger partial charge in [-0.05, 0) is 42.5 Å². The first-order chi connectivity index (χ1) is 12.5. The molecule has 0 radical (unpaired) electrons. The fourth-order valence-corrected chi connectivity index (χ4v) is 3.33. The van der Waals surface area contributed by atoms with E-state index in [0.29, 0.717) is 5.75 Å². The van der Waals surface area contributed by atoms with Gasteiger partial charge in [-0.2, -0.15) is 0 Å². The van der Waals surface area contributed by atoms with Gasteiger partial charge in [0.2, 0.25) is 0 Å². The first kappa shape index (κ1) is 17.5. The van der Waals surface area contributed by atoms with Crippen LogP contribution in [0.25, 0.3) is 0 Å². The van der Waals surface area contributed by atoms with E-state index in [9.17, 15) is 18.3 Å². The van der Waals surface area contributed by atoms with Crippen molar-refractivity contribution in [2.45, 2.75) is 4.90 Å². The standard InChI is InChI=1S/C19H15NO5S/c21-19(22)14-11-12-18(25-15-7-3-1-4-8-15)17(13-14)20-26(23,24)16-9-5-2-6-10-16/h1-13,20H,(H,21,22). The number of nitrogens with one attached hydrogen (secondary N) is 1. The fourth-order valence-electron chi connectivity index (χ4n) is 2.25. The van der Waals surface area contributed by atoms with Gasteiger partial charge in [-0.25, -0.2) is 13.2 Å². The van der Waals surface area contributed by atoms with Crippen LogP contribution >= 0.6 is 0 Å². The Balaban J connectivity index is 2.00. The first-order valence-electron chi connectivity index (χ1n) is 7.64. The van der Waals surface area contributed by atoms with E-state index in [1.54, 1.807) is 42.5 Å². The highest BCUT2D eigenvalue weighted by Crippen LogP contribution is 2.32. The minimum absolute atomic E-state index is 0.0395. The smallest absolute Gasteiger partial charge is 0.335 e. The Morgan fingerprint density at radius 2 is 1.50 bits per heavy atom. The maximum atomic E-state index is 12.6. The number of carboxylic acid groups (broad SMARTS) is 1. The third-order valence-corrected chi connectivity index (χ3v) is 4.88. The fraction of sp³-hybridized carbons (Fsp3) is 0. The van der Waals surface area contributed by atoms with Crippen LogP contribution in [-0.2, 0) is 10.0 Å². The third-order valence-electron chi connectivity index (χ3n) is 3.50. The summed E-state index contributed by atoms with van der Waals surface area (Å²) in [5.74, 6) is -0.479. The quantitative estimate of drug-likeness (QED) is 0.686. The maximum Gasteiger partial charge on any atom is 0.335 e. The number of para-hydroxylation sites is 1. The van der Waals surface area contributed by atoms with Crippen molar-refractivity contribution in [1.82, 2.24) is 0 Å². The van der Waals surface area contributed by atoms with Crippen LogP contribution in [0.5, 0.6) is 11.5 Å². The molecule has 0 heterocycles. The van der Waals surface area contributed by atoms with Crippen LogP contribution in [0, 0.1) is 0 Å². The van der Waals surface area contributed by atoms with Gasteiger partial charge in [0.05, 0.1) is 16.1 Å². The average Bonchev–Trinajstić information content (AvgIpc) is 2.64. The second kappa shape index (κ2) is 7.28. The SMILES string of the molecule is O=C(O)c1ccc(Oc2ccccc2)c(NS(=O)(=O)c2ccccc2)c1. The van der Waals surface area contributed by atoms with Crippen molar-refractivity contribution in [2.24, 2.45) is 0 Å². The predicted octanol–water partition coefficient (Wildman–Crippen LogP) is 3.98. The summed E-state index contributed by atoms with van der Waals surface area (Å²) in [6.07, 6.45) is 0. The number of sulfonamides is 1. The molecule has 0 aromatic heterocycles. The molecule has 3 rings (SSSR count). The van der Waals surface area contributed by atoms with Gasteiger partial charge in [0.25, 0.3) is 10.0 Å². The van der Waals surface area contributed by atoms with Crippen LogP contribution in [0.15, 0.2) is 83.8 Å². The molecular weight excluding hydrogens is 354 g/mol. The molecule has 0 atom stereocenters. The second-order valence-electron chi connectivity index (χ2n) is 5.35. The molecule has 3 aromatic carbocycles. The third kappa shape index (κ3) is 4.01. The number of rotatable bonds is 6. The van der Waals surface area contributed by atoms with E-state index in [2.05, 4.69) is 4.72 Å². The molecule has 132 valence electrons. The Bertz CT molecular complexity index is 1020. The van der Waals surface area contributed by atoms with E-state index >= 15 is 0 Å². The van der Waals surface area contributed by atoms with E-state index in [0.717, 1.165) is 0 Å². The van der Waals surface area contributed by atoms with E-state index in [1.807, 2.05) is 6.07 Å². The van der Waals surface area contributed by atoms with E-state index in [1.165, 1.54) is 30.3 Å². The molecule has 26 heavy (non-hydrogen) atoms. The van der Waals surface area contributed by atoms with Crippen molar-refractivity contribution in [3.63, 3.8) is 0 Å². The van der Waals surface area contributed by atoms with E-state index in [-0.39, 0.29) is 21.9 Å². The molecule has 6 nitrogen and oxygen atoms in total. The Morgan fingerprint density at radius 3 is 2.12 bits per heavy atom. The molecule has 7 heteroatoms. The van der Waals surface area contributed by atoms with E-state index < -0.39 is 16.0 Å². The largest absolute Gasteiger partial charge is 0.478 e. The normalized spacial score (nSPS) is 10.9. The lowest BCUT2D eigenvalue weighted by Crippen LogP contribution is -2.14. The molecule has 0 fully saturated rings. The van der Waals surface area contributed by atoms with Gasteiger partial charge >= 0.3 is 5.97 Å². The number of benzene rings is 3. The van der Waals surface area contributed by atoms with Crippen molar-refractivity contribution in [3.8, 4) is 11.5 Å². The number of hydrogen-bond donors (Lipinski definition) is 2. The summed E-state index contributed by atoms with van der Waals surface area (Å²) in [7, 11) is -3.89. The van der Waals surface area contributed by atoms with Crippen molar-refractivity contribution in [1.29, 1.82) is 0 Å². The minimum Gasteiger partial charge on any atom is -0.478 e. The summed E-state index contributed by atoms with van der Waals surface area (Å²) in [5.41, 5.74) is -0.0196. The van der Waals surface area contributed by atoms with E-state index in [4.69, 9.17) is 4.74 Å². The van der Waals surface area contributed by atoms with Gasteiger partial charge in [0.15, 0.2) is 5.75 Å². The van der Waals surface area contributed by atoms with Crippen LogP contribution in [0.2, 0.25) is 0 Å². The van der Waals surface area contributed by atoms with Crippen LogP contribution < -0.4 is 9.46 Å². The van der Waals surface area contributed by atoms with Crippen LogP contribution in [0.3, 0.4) is 0 Å². The maximum absolute atomic E-state index is 12.6. The van der Waals surface area contributed by atoms with Crippen LogP contribution in [0.4, 0.5) is 5.69 Å². The zero-order chi connectivity index (χ0) is 18.6. The summed E-state index contributed by atoms with van der Waals surface area (Å²) in [6.45, 7) is 0. The highest BCUT2D eigenvalue weighted by molar-refractivity contribution is 7.92. The zero-order valence-electron chi connectivity index (χ0n) is 13.5. The van der Waals surface area contributed by atoms with Crippen molar-refractivity contribution < 1.29 is 23.1 Å². The highest BCUT2D eigenvalue weighted by Gasteiger charge is 2.18. The Kier molecular flexibility index (Phi) is 4.90. The number of aromatic carboxylic acids is 1. The lowest BCUT2D eigenvalue weighted by Gasteiger charge is -2.14. The predicted molar refractivity (Wildman–Crippen MR) is 97.2 cm³/mol. The summed E-state index contributed by atoms with van der Waals surface area (Å²) in [5, 5.41) is 9.19. The number of carbonyl (C=O) groups is 1. The molecule has 0 amide bonds. The van der Waals surface area contributed by atoms with Gasteiger partial charge in [-0.15, -0.1) is 0 Å². The van der Waals surface area contributed by atoms with Crippen molar-refractivity contribution in [3.05, 3.63) is 84.4 Å². The van der Waals surface area contributed by atoms with Gasteiger partial charge in [-0.3, -0.25) is 4.72 Å². The minimum atomic E-state index is -3.89. The Morgan fingerprint density at radius 1 is 0.885 bits per heavy atom. The molecular formula is C19H15NO5S. The number of anilines is 1. The zero-order valence-corrected chi connectivity index (χ0v) is 14.3. The number of ether oxygens (including phenoxy) is 1. The Hall–Kier alpha value is -3.32.